The smallest absolute Gasteiger partial charge is 0.318 e. The van der Waals surface area contributed by atoms with Gasteiger partial charge in [-0.1, -0.05) is 43.7 Å². The van der Waals surface area contributed by atoms with Crippen molar-refractivity contribution in [1.82, 2.24) is 20.1 Å². The van der Waals surface area contributed by atoms with E-state index in [4.69, 9.17) is 15.0 Å². The lowest BCUT2D eigenvalue weighted by Gasteiger charge is -2.42. The molecule has 2 aromatic rings. The molecular weight excluding hydrogens is 306 g/mol. The van der Waals surface area contributed by atoms with Gasteiger partial charge in [-0.25, -0.2) is 4.98 Å². The van der Waals surface area contributed by atoms with Crippen molar-refractivity contribution in [3.05, 3.63) is 12.1 Å². The molecule has 2 aliphatic carbocycles. The van der Waals surface area contributed by atoms with Crippen LogP contribution in [0.3, 0.4) is 0 Å². The van der Waals surface area contributed by atoms with Crippen molar-refractivity contribution in [1.29, 1.82) is 0 Å². The largest absolute Gasteiger partial charge is 0.467 e. The number of aromatic nitrogens is 4. The van der Waals surface area contributed by atoms with Crippen molar-refractivity contribution in [3.8, 4) is 17.4 Å². The Morgan fingerprint density at radius 1 is 1.21 bits per heavy atom. The molecule has 0 aliphatic heterocycles. The second-order valence-corrected chi connectivity index (χ2v) is 6.92. The second-order valence-electron chi connectivity index (χ2n) is 6.92. The Kier molecular flexibility index (Phi) is 4.08. The number of methoxy groups -OCH3 is 1. The fourth-order valence-electron chi connectivity index (χ4n) is 3.75. The van der Waals surface area contributed by atoms with E-state index in [9.17, 15) is 0 Å². The molecule has 0 atom stereocenters. The maximum absolute atomic E-state index is 5.94. The van der Waals surface area contributed by atoms with E-state index in [-0.39, 0.29) is 6.01 Å². The maximum atomic E-state index is 5.94. The van der Waals surface area contributed by atoms with E-state index in [0.29, 0.717) is 29.0 Å². The van der Waals surface area contributed by atoms with Crippen LogP contribution in [-0.4, -0.2) is 27.2 Å². The van der Waals surface area contributed by atoms with Crippen molar-refractivity contribution < 1.29 is 9.26 Å². The molecule has 7 heteroatoms. The van der Waals surface area contributed by atoms with E-state index in [1.54, 1.807) is 6.20 Å². The normalized spacial score (nSPS) is 18.4. The van der Waals surface area contributed by atoms with Crippen LogP contribution in [0.5, 0.6) is 6.01 Å². The molecule has 0 radical (unpaired) electrons. The van der Waals surface area contributed by atoms with Crippen LogP contribution in [0.25, 0.3) is 11.4 Å². The van der Waals surface area contributed by atoms with Crippen molar-refractivity contribution >= 4 is 5.82 Å². The predicted octanol–water partition coefficient (Wildman–Crippen LogP) is 2.88. The number of rotatable bonds is 6. The third-order valence-corrected chi connectivity index (χ3v) is 5.61. The van der Waals surface area contributed by atoms with Gasteiger partial charge in [0.1, 0.15) is 5.82 Å². The van der Waals surface area contributed by atoms with Crippen LogP contribution in [0, 0.1) is 17.8 Å². The van der Waals surface area contributed by atoms with Crippen LogP contribution in [0.4, 0.5) is 5.82 Å². The molecule has 0 bridgehead atoms. The lowest BCUT2D eigenvalue weighted by molar-refractivity contribution is 0.0858. The molecule has 2 fully saturated rings. The standard InChI is InChI=1S/C17H23N5O2/c1-23-17-19-9-13(15(18)21-17)16-20-14(24-22-16)8-12(10-4-2-5-10)11-6-3-7-11/h9-12H,2-8H2,1H3,(H2,18,19,21). The van der Waals surface area contributed by atoms with Gasteiger partial charge in [-0.05, 0) is 17.8 Å². The minimum Gasteiger partial charge on any atom is -0.467 e. The number of nitrogen functional groups attached to an aromatic ring is 1. The Balaban J connectivity index is 1.51. The molecular formula is C17H23N5O2. The Hall–Kier alpha value is -2.18. The molecule has 0 aromatic carbocycles. The fraction of sp³-hybridized carbons (Fsp3) is 0.647. The van der Waals surface area contributed by atoms with Gasteiger partial charge < -0.3 is 15.0 Å². The molecule has 24 heavy (non-hydrogen) atoms. The lowest BCUT2D eigenvalue weighted by Crippen LogP contribution is -2.33. The average molecular weight is 329 g/mol. The first-order valence-electron chi connectivity index (χ1n) is 8.74. The van der Waals surface area contributed by atoms with E-state index in [1.807, 2.05) is 0 Å². The zero-order valence-corrected chi connectivity index (χ0v) is 13.9. The molecule has 4 rings (SSSR count). The molecule has 2 N–H and O–H groups in total. The minimum absolute atomic E-state index is 0.231. The molecule has 0 spiro atoms. The topological polar surface area (TPSA) is 100.0 Å². The van der Waals surface area contributed by atoms with E-state index in [1.165, 1.54) is 45.6 Å². The summed E-state index contributed by atoms with van der Waals surface area (Å²) in [4.78, 5) is 12.7. The Morgan fingerprint density at radius 3 is 2.46 bits per heavy atom. The van der Waals surface area contributed by atoms with E-state index in [0.717, 1.165) is 18.3 Å². The highest BCUT2D eigenvalue weighted by molar-refractivity contribution is 5.66. The summed E-state index contributed by atoms with van der Waals surface area (Å²) < 4.78 is 10.5. The monoisotopic (exact) mass is 329 g/mol. The van der Waals surface area contributed by atoms with Gasteiger partial charge in [-0.15, -0.1) is 0 Å². The summed E-state index contributed by atoms with van der Waals surface area (Å²) >= 11 is 0. The molecule has 0 amide bonds. The molecule has 0 saturated heterocycles. The Labute approximate surface area is 141 Å². The molecule has 0 unspecified atom stereocenters. The number of nitrogens with two attached hydrogens (primary N) is 1. The van der Waals surface area contributed by atoms with Crippen LogP contribution in [0.2, 0.25) is 0 Å². The number of nitrogens with zero attached hydrogens (tertiary/aromatic N) is 4. The van der Waals surface area contributed by atoms with Crippen LogP contribution < -0.4 is 10.5 Å². The van der Waals surface area contributed by atoms with Gasteiger partial charge in [0.15, 0.2) is 0 Å². The van der Waals surface area contributed by atoms with Crippen molar-refractivity contribution in [2.24, 2.45) is 17.8 Å². The molecule has 2 aromatic heterocycles. The first-order chi connectivity index (χ1) is 11.7. The molecule has 7 nitrogen and oxygen atoms in total. The zero-order valence-electron chi connectivity index (χ0n) is 13.9. The van der Waals surface area contributed by atoms with Gasteiger partial charge in [-0.3, -0.25) is 0 Å². The summed E-state index contributed by atoms with van der Waals surface area (Å²) in [5.74, 6) is 3.80. The zero-order chi connectivity index (χ0) is 16.5. The third kappa shape index (κ3) is 2.83. The fourth-order valence-corrected chi connectivity index (χ4v) is 3.75. The van der Waals surface area contributed by atoms with Gasteiger partial charge in [0.05, 0.1) is 12.7 Å². The first-order valence-corrected chi connectivity index (χ1v) is 8.74. The summed E-state index contributed by atoms with van der Waals surface area (Å²) in [6.07, 6.45) is 10.6. The molecule has 128 valence electrons. The summed E-state index contributed by atoms with van der Waals surface area (Å²) in [5, 5.41) is 4.08. The molecule has 2 aliphatic rings. The summed E-state index contributed by atoms with van der Waals surface area (Å²) in [7, 11) is 1.50. The summed E-state index contributed by atoms with van der Waals surface area (Å²) in [6, 6.07) is 0.231. The highest BCUT2D eigenvalue weighted by atomic mass is 16.5. The van der Waals surface area contributed by atoms with Crippen molar-refractivity contribution in [2.45, 2.75) is 44.9 Å². The summed E-state index contributed by atoms with van der Waals surface area (Å²) in [6.45, 7) is 0. The maximum Gasteiger partial charge on any atom is 0.318 e. The second kappa shape index (κ2) is 6.37. The van der Waals surface area contributed by atoms with Gasteiger partial charge in [-0.2, -0.15) is 9.97 Å². The van der Waals surface area contributed by atoms with Gasteiger partial charge in [0.25, 0.3) is 0 Å². The van der Waals surface area contributed by atoms with Crippen LogP contribution in [-0.2, 0) is 6.42 Å². The highest BCUT2D eigenvalue weighted by Gasteiger charge is 2.37. The highest BCUT2D eigenvalue weighted by Crippen LogP contribution is 2.45. The third-order valence-electron chi connectivity index (χ3n) is 5.61. The van der Waals surface area contributed by atoms with E-state index < -0.39 is 0 Å². The Bertz CT molecular complexity index is 695. The van der Waals surface area contributed by atoms with Crippen molar-refractivity contribution in [2.75, 3.05) is 12.8 Å². The van der Waals surface area contributed by atoms with Gasteiger partial charge in [0, 0.05) is 12.6 Å². The predicted molar refractivity (Wildman–Crippen MR) is 88.2 cm³/mol. The van der Waals surface area contributed by atoms with E-state index in [2.05, 4.69) is 20.1 Å². The van der Waals surface area contributed by atoms with Crippen LogP contribution >= 0.6 is 0 Å². The molecule has 2 heterocycles. The number of hydrogen-bond acceptors (Lipinski definition) is 7. The minimum atomic E-state index is 0.231. The van der Waals surface area contributed by atoms with Crippen LogP contribution in [0.1, 0.15) is 44.4 Å². The number of hydrogen-bond donors (Lipinski definition) is 1. The average Bonchev–Trinajstić information content (AvgIpc) is 2.91. The Morgan fingerprint density at radius 2 is 1.92 bits per heavy atom. The summed E-state index contributed by atoms with van der Waals surface area (Å²) in [5.41, 5.74) is 6.52. The number of ether oxygens (including phenoxy) is 1. The van der Waals surface area contributed by atoms with Crippen molar-refractivity contribution in [3.63, 3.8) is 0 Å². The first kappa shape index (κ1) is 15.4. The number of anilines is 1. The van der Waals surface area contributed by atoms with E-state index >= 15 is 0 Å². The van der Waals surface area contributed by atoms with Crippen LogP contribution in [0.15, 0.2) is 10.7 Å². The van der Waals surface area contributed by atoms with Gasteiger partial charge >= 0.3 is 6.01 Å². The quantitative estimate of drug-likeness (QED) is 0.869. The lowest BCUT2D eigenvalue weighted by atomic mass is 9.63. The molecule has 2 saturated carbocycles. The SMILES string of the molecule is COc1ncc(-c2noc(CC(C3CCC3)C3CCC3)n2)c(N)n1. The van der Waals surface area contributed by atoms with Gasteiger partial charge in [0.2, 0.25) is 11.7 Å².